The van der Waals surface area contributed by atoms with Gasteiger partial charge in [0, 0.05) is 52.5 Å². The molecule has 138 valence electrons. The highest BCUT2D eigenvalue weighted by Crippen LogP contribution is 2.33. The molecule has 2 aromatic heterocycles. The standard InChI is InChI=1S/C21H20ClN3O2/c1-21(2,3)19-9-13(6-7-25-19)14-8-15(12-24-11-14)17-5-4-16(10-18(17)22)27-20(23)26/h4-12H,1-3H3,(H2,23,26). The Balaban J connectivity index is 1.98. The second-order valence-electron chi connectivity index (χ2n) is 7.20. The fraction of sp³-hybridized carbons (Fsp3) is 0.190. The van der Waals surface area contributed by atoms with Crippen LogP contribution in [0.1, 0.15) is 26.5 Å². The maximum atomic E-state index is 10.9. The molecule has 0 aliphatic heterocycles. The van der Waals surface area contributed by atoms with E-state index in [1.54, 1.807) is 24.4 Å². The van der Waals surface area contributed by atoms with Gasteiger partial charge < -0.3 is 10.5 Å². The van der Waals surface area contributed by atoms with Crippen LogP contribution in [-0.2, 0) is 5.41 Å². The monoisotopic (exact) mass is 381 g/mol. The van der Waals surface area contributed by atoms with Gasteiger partial charge >= 0.3 is 6.09 Å². The molecule has 1 amide bonds. The third-order valence-corrected chi connectivity index (χ3v) is 4.38. The molecule has 3 aromatic rings. The van der Waals surface area contributed by atoms with Crippen molar-refractivity contribution in [2.45, 2.75) is 26.2 Å². The number of rotatable bonds is 3. The number of hydrogen-bond acceptors (Lipinski definition) is 4. The van der Waals surface area contributed by atoms with Gasteiger partial charge in [-0.05, 0) is 35.9 Å². The predicted octanol–water partition coefficient (Wildman–Crippen LogP) is 5.22. The molecule has 0 atom stereocenters. The van der Waals surface area contributed by atoms with Crippen molar-refractivity contribution in [1.29, 1.82) is 0 Å². The summed E-state index contributed by atoms with van der Waals surface area (Å²) in [5, 5.41) is 0.442. The fourth-order valence-electron chi connectivity index (χ4n) is 2.67. The number of nitrogens with two attached hydrogens (primary N) is 1. The summed E-state index contributed by atoms with van der Waals surface area (Å²) in [6, 6.07) is 11.0. The van der Waals surface area contributed by atoms with Crippen molar-refractivity contribution in [1.82, 2.24) is 9.97 Å². The van der Waals surface area contributed by atoms with Gasteiger partial charge in [-0.2, -0.15) is 0 Å². The number of pyridine rings is 2. The first-order valence-electron chi connectivity index (χ1n) is 8.43. The Morgan fingerprint density at radius 3 is 2.44 bits per heavy atom. The zero-order valence-corrected chi connectivity index (χ0v) is 16.1. The minimum absolute atomic E-state index is 0.0411. The topological polar surface area (TPSA) is 78.1 Å². The summed E-state index contributed by atoms with van der Waals surface area (Å²) >= 11 is 6.36. The Bertz CT molecular complexity index is 997. The van der Waals surface area contributed by atoms with Crippen LogP contribution in [0.25, 0.3) is 22.3 Å². The summed E-state index contributed by atoms with van der Waals surface area (Å²) in [4.78, 5) is 19.7. The maximum Gasteiger partial charge on any atom is 0.409 e. The molecule has 2 N–H and O–H groups in total. The van der Waals surface area contributed by atoms with Crippen LogP contribution in [0.5, 0.6) is 5.75 Å². The zero-order valence-electron chi connectivity index (χ0n) is 15.4. The number of hydrogen-bond donors (Lipinski definition) is 1. The minimum atomic E-state index is -0.880. The van der Waals surface area contributed by atoms with E-state index in [1.165, 1.54) is 0 Å². The second kappa shape index (κ2) is 7.37. The Morgan fingerprint density at radius 1 is 1.04 bits per heavy atom. The Kier molecular flexibility index (Phi) is 5.15. The van der Waals surface area contributed by atoms with Crippen molar-refractivity contribution in [3.63, 3.8) is 0 Å². The van der Waals surface area contributed by atoms with Gasteiger partial charge in [-0.1, -0.05) is 32.4 Å². The van der Waals surface area contributed by atoms with Crippen LogP contribution in [0.15, 0.2) is 55.0 Å². The lowest BCUT2D eigenvalue weighted by atomic mass is 9.90. The van der Waals surface area contributed by atoms with Gasteiger partial charge in [0.25, 0.3) is 0 Å². The first-order valence-corrected chi connectivity index (χ1v) is 8.81. The fourth-order valence-corrected chi connectivity index (χ4v) is 2.95. The number of amides is 1. The maximum absolute atomic E-state index is 10.9. The molecular formula is C21H20ClN3O2. The third-order valence-electron chi connectivity index (χ3n) is 4.07. The number of ether oxygens (including phenoxy) is 1. The number of nitrogens with zero attached hydrogens (tertiary/aromatic N) is 2. The smallest absolute Gasteiger partial charge is 0.409 e. The number of aromatic nitrogens is 2. The average Bonchev–Trinajstić information content (AvgIpc) is 2.61. The molecule has 3 rings (SSSR count). The molecule has 5 nitrogen and oxygen atoms in total. The molecule has 0 radical (unpaired) electrons. The molecule has 0 saturated heterocycles. The lowest BCUT2D eigenvalue weighted by Gasteiger charge is -2.18. The van der Waals surface area contributed by atoms with Crippen LogP contribution >= 0.6 is 11.6 Å². The van der Waals surface area contributed by atoms with E-state index in [2.05, 4.69) is 36.8 Å². The highest BCUT2D eigenvalue weighted by atomic mass is 35.5. The Labute approximate surface area is 163 Å². The summed E-state index contributed by atoms with van der Waals surface area (Å²) in [6.45, 7) is 6.38. The molecule has 2 heterocycles. The van der Waals surface area contributed by atoms with E-state index in [1.807, 2.05) is 24.5 Å². The van der Waals surface area contributed by atoms with Crippen LogP contribution in [0.4, 0.5) is 4.79 Å². The first kappa shape index (κ1) is 18.9. The van der Waals surface area contributed by atoms with Crippen LogP contribution in [0.3, 0.4) is 0 Å². The highest BCUT2D eigenvalue weighted by Gasteiger charge is 2.16. The molecule has 0 spiro atoms. The van der Waals surface area contributed by atoms with Gasteiger partial charge in [-0.25, -0.2) is 4.79 Å². The molecule has 0 saturated carbocycles. The van der Waals surface area contributed by atoms with Gasteiger partial charge in [-0.3, -0.25) is 9.97 Å². The molecule has 1 aromatic carbocycles. The van der Waals surface area contributed by atoms with E-state index in [9.17, 15) is 4.79 Å². The minimum Gasteiger partial charge on any atom is -0.410 e. The lowest BCUT2D eigenvalue weighted by molar-refractivity contribution is 0.211. The Morgan fingerprint density at radius 2 is 1.78 bits per heavy atom. The summed E-state index contributed by atoms with van der Waals surface area (Å²) in [7, 11) is 0. The zero-order chi connectivity index (χ0) is 19.6. The predicted molar refractivity (Wildman–Crippen MR) is 107 cm³/mol. The largest absolute Gasteiger partial charge is 0.410 e. The van der Waals surface area contributed by atoms with E-state index >= 15 is 0 Å². The van der Waals surface area contributed by atoms with E-state index in [0.29, 0.717) is 10.8 Å². The highest BCUT2D eigenvalue weighted by molar-refractivity contribution is 6.33. The number of primary amides is 1. The molecule has 0 aliphatic rings. The molecule has 0 bridgehead atoms. The molecule has 0 aliphatic carbocycles. The van der Waals surface area contributed by atoms with E-state index in [0.717, 1.165) is 27.9 Å². The molecule has 0 unspecified atom stereocenters. The number of halogens is 1. The van der Waals surface area contributed by atoms with E-state index in [4.69, 9.17) is 22.1 Å². The lowest BCUT2D eigenvalue weighted by Crippen LogP contribution is -2.16. The summed E-state index contributed by atoms with van der Waals surface area (Å²) in [5.74, 6) is 0.296. The van der Waals surface area contributed by atoms with Gasteiger partial charge in [-0.15, -0.1) is 0 Å². The first-order chi connectivity index (χ1) is 12.7. The summed E-state index contributed by atoms with van der Waals surface area (Å²) in [5.41, 5.74) is 9.65. The van der Waals surface area contributed by atoms with Gasteiger partial charge in [0.2, 0.25) is 0 Å². The average molecular weight is 382 g/mol. The SMILES string of the molecule is CC(C)(C)c1cc(-c2cncc(-c3ccc(OC(N)=O)cc3Cl)c2)ccn1. The normalized spacial score (nSPS) is 11.3. The number of carbonyl (C=O) groups excluding carboxylic acids is 1. The van der Waals surface area contributed by atoms with Crippen molar-refractivity contribution < 1.29 is 9.53 Å². The van der Waals surface area contributed by atoms with Crippen molar-refractivity contribution in [2.24, 2.45) is 5.73 Å². The van der Waals surface area contributed by atoms with Gasteiger partial charge in [0.05, 0.1) is 5.02 Å². The molecule has 6 heteroatoms. The molecule has 0 fully saturated rings. The van der Waals surface area contributed by atoms with E-state index in [-0.39, 0.29) is 5.41 Å². The number of benzene rings is 1. The van der Waals surface area contributed by atoms with Crippen LogP contribution in [0, 0.1) is 0 Å². The van der Waals surface area contributed by atoms with Crippen molar-refractivity contribution in [3.05, 3.63) is 65.7 Å². The van der Waals surface area contributed by atoms with Crippen LogP contribution in [-0.4, -0.2) is 16.1 Å². The van der Waals surface area contributed by atoms with Crippen molar-refractivity contribution in [2.75, 3.05) is 0 Å². The third kappa shape index (κ3) is 4.44. The van der Waals surface area contributed by atoms with Crippen molar-refractivity contribution in [3.8, 4) is 28.0 Å². The second-order valence-corrected chi connectivity index (χ2v) is 7.61. The van der Waals surface area contributed by atoms with Crippen LogP contribution in [0.2, 0.25) is 5.02 Å². The van der Waals surface area contributed by atoms with Gasteiger partial charge in [0.1, 0.15) is 5.75 Å². The quantitative estimate of drug-likeness (QED) is 0.674. The Hall–Kier alpha value is -2.92. The van der Waals surface area contributed by atoms with Crippen molar-refractivity contribution >= 4 is 17.7 Å². The number of carbonyl (C=O) groups is 1. The van der Waals surface area contributed by atoms with Gasteiger partial charge in [0.15, 0.2) is 0 Å². The summed E-state index contributed by atoms with van der Waals surface area (Å²) < 4.78 is 4.86. The van der Waals surface area contributed by atoms with E-state index < -0.39 is 6.09 Å². The molecule has 27 heavy (non-hydrogen) atoms. The van der Waals surface area contributed by atoms with Crippen LogP contribution < -0.4 is 10.5 Å². The summed E-state index contributed by atoms with van der Waals surface area (Å²) in [6.07, 6.45) is 4.48. The molecular weight excluding hydrogens is 362 g/mol.